The predicted octanol–water partition coefficient (Wildman–Crippen LogP) is 4.16. The van der Waals surface area contributed by atoms with Crippen LogP contribution < -0.4 is 0 Å². The minimum absolute atomic E-state index is 0.0194. The lowest BCUT2D eigenvalue weighted by molar-refractivity contribution is -0.114. The SMILES string of the molecule is Cc1cc(/C=C2\C(=N)N3N=C(c4cccnc4)SC3=NC2=O)c(C)n1-c1ccccc1. The van der Waals surface area contributed by atoms with Crippen molar-refractivity contribution in [2.45, 2.75) is 13.8 Å². The summed E-state index contributed by atoms with van der Waals surface area (Å²) in [7, 11) is 0. The molecule has 3 aromatic rings. The Morgan fingerprint density at radius 2 is 1.90 bits per heavy atom. The van der Waals surface area contributed by atoms with E-state index in [4.69, 9.17) is 5.41 Å². The molecule has 31 heavy (non-hydrogen) atoms. The maximum absolute atomic E-state index is 12.8. The second-order valence-electron chi connectivity index (χ2n) is 7.16. The van der Waals surface area contributed by atoms with Crippen LogP contribution in [0, 0.1) is 19.3 Å². The van der Waals surface area contributed by atoms with Crippen LogP contribution in [0.4, 0.5) is 0 Å². The molecule has 8 heteroatoms. The van der Waals surface area contributed by atoms with E-state index < -0.39 is 5.91 Å². The zero-order valence-corrected chi connectivity index (χ0v) is 17.7. The fraction of sp³-hybridized carbons (Fsp3) is 0.0870. The molecule has 2 aromatic heterocycles. The van der Waals surface area contributed by atoms with Crippen molar-refractivity contribution < 1.29 is 4.79 Å². The third-order valence-electron chi connectivity index (χ3n) is 5.15. The monoisotopic (exact) mass is 426 g/mol. The number of amidine groups is 2. The lowest BCUT2D eigenvalue weighted by atomic mass is 10.1. The molecule has 0 bridgehead atoms. The van der Waals surface area contributed by atoms with Gasteiger partial charge in [-0.2, -0.15) is 15.1 Å². The van der Waals surface area contributed by atoms with E-state index in [2.05, 4.69) is 19.6 Å². The standard InChI is InChI=1S/C23H18N6OS/c1-14-11-17(15(2)28(14)18-8-4-3-5-9-18)12-19-20(24)29-23(26-21(19)30)31-22(27-29)16-7-6-10-25-13-16/h3-13,24H,1-2H3/b19-12+,24-20?. The number of amides is 1. The number of aryl methyl sites for hydroxylation is 1. The fourth-order valence-electron chi connectivity index (χ4n) is 3.66. The number of thioether (sulfide) groups is 1. The van der Waals surface area contributed by atoms with Crippen molar-refractivity contribution in [1.82, 2.24) is 14.6 Å². The molecule has 0 saturated carbocycles. The van der Waals surface area contributed by atoms with E-state index in [1.54, 1.807) is 18.5 Å². The molecule has 0 spiro atoms. The second kappa shape index (κ2) is 7.48. The van der Waals surface area contributed by atoms with Crippen molar-refractivity contribution >= 4 is 39.8 Å². The number of nitrogens with zero attached hydrogens (tertiary/aromatic N) is 5. The van der Waals surface area contributed by atoms with E-state index in [9.17, 15) is 4.79 Å². The van der Waals surface area contributed by atoms with Crippen molar-refractivity contribution in [1.29, 1.82) is 5.41 Å². The van der Waals surface area contributed by atoms with Gasteiger partial charge in [0.15, 0.2) is 5.84 Å². The van der Waals surface area contributed by atoms with Crippen LogP contribution in [0.25, 0.3) is 11.8 Å². The smallest absolute Gasteiger partial charge is 0.283 e. The molecule has 0 radical (unpaired) electrons. The van der Waals surface area contributed by atoms with E-state index >= 15 is 0 Å². The van der Waals surface area contributed by atoms with Gasteiger partial charge in [0.1, 0.15) is 5.04 Å². The Bertz CT molecular complexity index is 1300. The average Bonchev–Trinajstić information content (AvgIpc) is 3.33. The van der Waals surface area contributed by atoms with Crippen molar-refractivity contribution in [2.24, 2.45) is 10.1 Å². The third kappa shape index (κ3) is 3.30. The van der Waals surface area contributed by atoms with E-state index in [0.717, 1.165) is 28.2 Å². The summed E-state index contributed by atoms with van der Waals surface area (Å²) >= 11 is 1.26. The van der Waals surface area contributed by atoms with Crippen molar-refractivity contribution in [3.63, 3.8) is 0 Å². The number of carbonyl (C=O) groups excluding carboxylic acids is 1. The van der Waals surface area contributed by atoms with Crippen LogP contribution in [0.15, 0.2) is 76.6 Å². The number of carbonyl (C=O) groups is 1. The lowest BCUT2D eigenvalue weighted by Gasteiger charge is -2.20. The fourth-order valence-corrected chi connectivity index (χ4v) is 4.54. The highest BCUT2D eigenvalue weighted by Crippen LogP contribution is 2.31. The molecule has 152 valence electrons. The number of benzene rings is 1. The van der Waals surface area contributed by atoms with Gasteiger partial charge in [0.2, 0.25) is 5.17 Å². The Morgan fingerprint density at radius 1 is 1.10 bits per heavy atom. The molecule has 0 aliphatic carbocycles. The van der Waals surface area contributed by atoms with Crippen LogP contribution in [0.3, 0.4) is 0 Å². The summed E-state index contributed by atoms with van der Waals surface area (Å²) in [5.41, 5.74) is 4.99. The van der Waals surface area contributed by atoms with Gasteiger partial charge in [0.05, 0.1) is 5.57 Å². The molecule has 5 rings (SSSR count). The van der Waals surface area contributed by atoms with E-state index in [0.29, 0.717) is 10.2 Å². The van der Waals surface area contributed by atoms with Crippen LogP contribution in [0.1, 0.15) is 22.5 Å². The van der Waals surface area contributed by atoms with Gasteiger partial charge in [0, 0.05) is 35.0 Å². The number of aromatic nitrogens is 2. The Hall–Kier alpha value is -3.78. The minimum Gasteiger partial charge on any atom is -0.318 e. The van der Waals surface area contributed by atoms with Gasteiger partial charge in [-0.3, -0.25) is 15.2 Å². The van der Waals surface area contributed by atoms with Gasteiger partial charge in [-0.15, -0.1) is 0 Å². The summed E-state index contributed by atoms with van der Waals surface area (Å²) in [6, 6.07) is 15.8. The highest BCUT2D eigenvalue weighted by molar-refractivity contribution is 8.27. The summed E-state index contributed by atoms with van der Waals surface area (Å²) < 4.78 is 2.13. The van der Waals surface area contributed by atoms with E-state index in [-0.39, 0.29) is 11.4 Å². The summed E-state index contributed by atoms with van der Waals surface area (Å²) in [5, 5.41) is 15.6. The molecule has 0 fully saturated rings. The molecule has 0 atom stereocenters. The number of fused-ring (bicyclic) bond motifs is 1. The molecule has 1 N–H and O–H groups in total. The summed E-state index contributed by atoms with van der Waals surface area (Å²) in [6.07, 6.45) is 5.12. The summed E-state index contributed by atoms with van der Waals surface area (Å²) in [4.78, 5) is 21.1. The maximum Gasteiger partial charge on any atom is 0.283 e. The molecule has 4 heterocycles. The molecule has 2 aliphatic heterocycles. The van der Waals surface area contributed by atoms with Gasteiger partial charge >= 0.3 is 0 Å². The van der Waals surface area contributed by atoms with Crippen LogP contribution in [0.5, 0.6) is 0 Å². The van der Waals surface area contributed by atoms with Gasteiger partial charge in [-0.05, 0) is 67.6 Å². The second-order valence-corrected chi connectivity index (χ2v) is 8.12. The molecule has 0 unspecified atom stereocenters. The number of aliphatic imine (C=N–C) groups is 1. The molecular formula is C23H18N6OS. The Balaban J connectivity index is 1.52. The number of nitrogens with one attached hydrogen (secondary N) is 1. The minimum atomic E-state index is -0.434. The van der Waals surface area contributed by atoms with E-state index in [1.807, 2.05) is 62.4 Å². The Labute approximate surface area is 183 Å². The molecular weight excluding hydrogens is 408 g/mol. The first-order valence-electron chi connectivity index (χ1n) is 9.68. The molecule has 0 saturated heterocycles. The topological polar surface area (TPSA) is 86.7 Å². The lowest BCUT2D eigenvalue weighted by Crippen LogP contribution is -2.35. The summed E-state index contributed by atoms with van der Waals surface area (Å²) in [5.74, 6) is -0.415. The zero-order valence-electron chi connectivity index (χ0n) is 16.9. The molecule has 1 aromatic carbocycles. The highest BCUT2D eigenvalue weighted by atomic mass is 32.2. The number of hydrogen-bond acceptors (Lipinski definition) is 5. The Morgan fingerprint density at radius 3 is 2.65 bits per heavy atom. The first-order chi connectivity index (χ1) is 15.0. The number of para-hydroxylation sites is 1. The predicted molar refractivity (Wildman–Crippen MR) is 124 cm³/mol. The first kappa shape index (κ1) is 19.2. The van der Waals surface area contributed by atoms with Crippen molar-refractivity contribution in [2.75, 3.05) is 0 Å². The van der Waals surface area contributed by atoms with Gasteiger partial charge < -0.3 is 4.57 Å². The van der Waals surface area contributed by atoms with Gasteiger partial charge in [-0.1, -0.05) is 18.2 Å². The summed E-state index contributed by atoms with van der Waals surface area (Å²) in [6.45, 7) is 4.02. The number of rotatable bonds is 3. The first-order valence-corrected chi connectivity index (χ1v) is 10.5. The quantitative estimate of drug-likeness (QED) is 0.637. The van der Waals surface area contributed by atoms with E-state index in [1.165, 1.54) is 16.8 Å². The largest absolute Gasteiger partial charge is 0.318 e. The molecule has 1 amide bonds. The molecule has 7 nitrogen and oxygen atoms in total. The van der Waals surface area contributed by atoms with Gasteiger partial charge in [0.25, 0.3) is 5.91 Å². The van der Waals surface area contributed by atoms with Crippen molar-refractivity contribution in [3.05, 3.63) is 89.0 Å². The van der Waals surface area contributed by atoms with Crippen LogP contribution in [-0.4, -0.2) is 36.5 Å². The zero-order chi connectivity index (χ0) is 21.5. The third-order valence-corrected chi connectivity index (χ3v) is 6.10. The van der Waals surface area contributed by atoms with Crippen LogP contribution >= 0.6 is 11.8 Å². The number of pyridine rings is 1. The Kier molecular flexibility index (Phi) is 4.63. The normalized spacial score (nSPS) is 17.1. The number of hydrazone groups is 1. The molecule has 2 aliphatic rings. The maximum atomic E-state index is 12.8. The average molecular weight is 427 g/mol. The highest BCUT2D eigenvalue weighted by Gasteiger charge is 2.36. The van der Waals surface area contributed by atoms with Crippen LogP contribution in [-0.2, 0) is 4.79 Å². The van der Waals surface area contributed by atoms with Crippen LogP contribution in [0.2, 0.25) is 0 Å². The number of hydrogen-bond donors (Lipinski definition) is 1. The van der Waals surface area contributed by atoms with Crippen molar-refractivity contribution in [3.8, 4) is 5.69 Å². The van der Waals surface area contributed by atoms with Gasteiger partial charge in [-0.25, -0.2) is 0 Å².